The average Bonchev–Trinajstić information content (AvgIpc) is 2.53. The van der Waals surface area contributed by atoms with Crippen molar-refractivity contribution in [3.8, 4) is 0 Å². The molecule has 0 aromatic carbocycles. The molecule has 4 heteroatoms. The summed E-state index contributed by atoms with van der Waals surface area (Å²) in [7, 11) is 0. The molecule has 2 rings (SSSR count). The Bertz CT molecular complexity index is 277. The summed E-state index contributed by atoms with van der Waals surface area (Å²) >= 11 is 0. The van der Waals surface area contributed by atoms with Crippen LogP contribution in [0.5, 0.6) is 0 Å². The third-order valence-corrected chi connectivity index (χ3v) is 2.73. The van der Waals surface area contributed by atoms with Crippen LogP contribution < -0.4 is 5.32 Å². The summed E-state index contributed by atoms with van der Waals surface area (Å²) in [5.74, 6) is 2.16. The molecule has 1 fully saturated rings. The van der Waals surface area contributed by atoms with E-state index in [1.165, 1.54) is 12.8 Å². The highest BCUT2D eigenvalue weighted by atomic mass is 16.5. The van der Waals surface area contributed by atoms with Crippen LogP contribution in [-0.2, 0) is 6.42 Å². The molecule has 0 amide bonds. The van der Waals surface area contributed by atoms with Gasteiger partial charge in [0.15, 0.2) is 5.82 Å². The van der Waals surface area contributed by atoms with Crippen LogP contribution in [0.2, 0.25) is 0 Å². The van der Waals surface area contributed by atoms with Gasteiger partial charge in [-0.25, -0.2) is 0 Å². The van der Waals surface area contributed by atoms with Gasteiger partial charge in [0, 0.05) is 12.3 Å². The first-order chi connectivity index (χ1) is 6.90. The predicted octanol–water partition coefficient (Wildman–Crippen LogP) is 1.49. The van der Waals surface area contributed by atoms with Gasteiger partial charge in [-0.15, -0.1) is 0 Å². The van der Waals surface area contributed by atoms with Crippen LogP contribution in [0.4, 0.5) is 0 Å². The molecule has 0 saturated carbocycles. The van der Waals surface area contributed by atoms with E-state index in [1.54, 1.807) is 0 Å². The van der Waals surface area contributed by atoms with E-state index in [-0.39, 0.29) is 0 Å². The van der Waals surface area contributed by atoms with Crippen molar-refractivity contribution >= 4 is 0 Å². The van der Waals surface area contributed by atoms with Crippen LogP contribution in [0.15, 0.2) is 4.52 Å². The molecule has 0 bridgehead atoms. The van der Waals surface area contributed by atoms with Gasteiger partial charge >= 0.3 is 0 Å². The molecule has 78 valence electrons. The first-order valence-electron chi connectivity index (χ1n) is 5.43. The lowest BCUT2D eigenvalue weighted by Crippen LogP contribution is -2.14. The first kappa shape index (κ1) is 9.65. The SMILES string of the molecule is CCc1nc(C2CCCNCC2)no1. The fourth-order valence-electron chi connectivity index (χ4n) is 1.85. The Morgan fingerprint density at radius 2 is 2.36 bits per heavy atom. The monoisotopic (exact) mass is 195 g/mol. The van der Waals surface area contributed by atoms with Crippen molar-refractivity contribution in [1.29, 1.82) is 0 Å². The van der Waals surface area contributed by atoms with Crippen LogP contribution in [0.3, 0.4) is 0 Å². The Morgan fingerprint density at radius 3 is 3.14 bits per heavy atom. The zero-order valence-corrected chi connectivity index (χ0v) is 8.62. The highest BCUT2D eigenvalue weighted by Gasteiger charge is 2.19. The Hall–Kier alpha value is -0.900. The van der Waals surface area contributed by atoms with E-state index < -0.39 is 0 Å². The lowest BCUT2D eigenvalue weighted by molar-refractivity contribution is 0.370. The minimum atomic E-state index is 0.494. The molecule has 1 aliphatic heterocycles. The summed E-state index contributed by atoms with van der Waals surface area (Å²) in [6.45, 7) is 4.22. The summed E-state index contributed by atoms with van der Waals surface area (Å²) in [5.41, 5.74) is 0. The Kier molecular flexibility index (Phi) is 3.14. The molecule has 1 saturated heterocycles. The fourth-order valence-corrected chi connectivity index (χ4v) is 1.85. The quantitative estimate of drug-likeness (QED) is 0.776. The second-order valence-corrected chi connectivity index (χ2v) is 3.78. The summed E-state index contributed by atoms with van der Waals surface area (Å²) < 4.78 is 5.13. The zero-order valence-electron chi connectivity index (χ0n) is 8.62. The van der Waals surface area contributed by atoms with Gasteiger partial charge in [0.25, 0.3) is 0 Å². The van der Waals surface area contributed by atoms with Crippen molar-refractivity contribution in [3.63, 3.8) is 0 Å². The van der Waals surface area contributed by atoms with E-state index in [1.807, 2.05) is 6.92 Å². The number of hydrogen-bond donors (Lipinski definition) is 1. The minimum Gasteiger partial charge on any atom is -0.339 e. The Labute approximate surface area is 84.1 Å². The number of nitrogens with one attached hydrogen (secondary N) is 1. The predicted molar refractivity (Wildman–Crippen MR) is 53.1 cm³/mol. The molecule has 14 heavy (non-hydrogen) atoms. The maximum atomic E-state index is 5.13. The van der Waals surface area contributed by atoms with Gasteiger partial charge < -0.3 is 9.84 Å². The van der Waals surface area contributed by atoms with Gasteiger partial charge in [-0.1, -0.05) is 12.1 Å². The molecule has 2 heterocycles. The molecule has 1 aromatic rings. The maximum Gasteiger partial charge on any atom is 0.226 e. The van der Waals surface area contributed by atoms with Gasteiger partial charge in [-0.3, -0.25) is 0 Å². The smallest absolute Gasteiger partial charge is 0.226 e. The van der Waals surface area contributed by atoms with E-state index in [4.69, 9.17) is 4.52 Å². The van der Waals surface area contributed by atoms with E-state index in [0.717, 1.165) is 37.6 Å². The highest BCUT2D eigenvalue weighted by Crippen LogP contribution is 2.23. The van der Waals surface area contributed by atoms with Crippen LogP contribution >= 0.6 is 0 Å². The number of nitrogens with zero attached hydrogens (tertiary/aromatic N) is 2. The third-order valence-electron chi connectivity index (χ3n) is 2.73. The lowest BCUT2D eigenvalue weighted by atomic mass is 10.0. The summed E-state index contributed by atoms with van der Waals surface area (Å²) in [6, 6.07) is 0. The fraction of sp³-hybridized carbons (Fsp3) is 0.800. The van der Waals surface area contributed by atoms with Crippen molar-refractivity contribution in [2.45, 2.75) is 38.5 Å². The first-order valence-corrected chi connectivity index (χ1v) is 5.43. The number of aryl methyl sites for hydroxylation is 1. The second-order valence-electron chi connectivity index (χ2n) is 3.78. The molecular weight excluding hydrogens is 178 g/mol. The number of hydrogen-bond acceptors (Lipinski definition) is 4. The molecule has 0 aliphatic carbocycles. The van der Waals surface area contributed by atoms with Crippen molar-refractivity contribution in [1.82, 2.24) is 15.5 Å². The maximum absolute atomic E-state index is 5.13. The lowest BCUT2D eigenvalue weighted by Gasteiger charge is -2.06. The molecule has 1 atom stereocenters. The van der Waals surface area contributed by atoms with Crippen molar-refractivity contribution in [3.05, 3.63) is 11.7 Å². The molecular formula is C10H17N3O. The van der Waals surface area contributed by atoms with Gasteiger partial charge in [-0.05, 0) is 32.4 Å². The number of rotatable bonds is 2. The van der Waals surface area contributed by atoms with Gasteiger partial charge in [0.2, 0.25) is 5.89 Å². The van der Waals surface area contributed by atoms with Crippen LogP contribution in [0.25, 0.3) is 0 Å². The van der Waals surface area contributed by atoms with Gasteiger partial charge in [0.05, 0.1) is 0 Å². The Morgan fingerprint density at radius 1 is 1.43 bits per heavy atom. The molecule has 1 aliphatic rings. The van der Waals surface area contributed by atoms with E-state index in [0.29, 0.717) is 5.92 Å². The Balaban J connectivity index is 2.04. The molecule has 4 nitrogen and oxygen atoms in total. The van der Waals surface area contributed by atoms with E-state index >= 15 is 0 Å². The zero-order chi connectivity index (χ0) is 9.80. The van der Waals surface area contributed by atoms with Crippen LogP contribution in [0.1, 0.15) is 43.8 Å². The van der Waals surface area contributed by atoms with Crippen LogP contribution in [-0.4, -0.2) is 23.2 Å². The summed E-state index contributed by atoms with van der Waals surface area (Å²) in [6.07, 6.45) is 4.34. The normalized spacial score (nSPS) is 23.4. The average molecular weight is 195 g/mol. The van der Waals surface area contributed by atoms with E-state index in [9.17, 15) is 0 Å². The molecule has 1 aromatic heterocycles. The topological polar surface area (TPSA) is 51.0 Å². The largest absolute Gasteiger partial charge is 0.339 e. The van der Waals surface area contributed by atoms with Crippen molar-refractivity contribution < 1.29 is 4.52 Å². The standard InChI is InChI=1S/C10H17N3O/c1-2-9-12-10(13-14-9)8-4-3-6-11-7-5-8/h8,11H,2-7H2,1H3. The van der Waals surface area contributed by atoms with Crippen molar-refractivity contribution in [2.24, 2.45) is 0 Å². The van der Waals surface area contributed by atoms with E-state index in [2.05, 4.69) is 15.5 Å². The van der Waals surface area contributed by atoms with Gasteiger partial charge in [-0.2, -0.15) is 4.98 Å². The third kappa shape index (κ3) is 2.12. The molecule has 1 N–H and O–H groups in total. The molecule has 0 radical (unpaired) electrons. The van der Waals surface area contributed by atoms with Gasteiger partial charge in [0.1, 0.15) is 0 Å². The molecule has 0 spiro atoms. The number of aromatic nitrogens is 2. The minimum absolute atomic E-state index is 0.494. The van der Waals surface area contributed by atoms with Crippen LogP contribution in [0, 0.1) is 0 Å². The second kappa shape index (κ2) is 4.55. The molecule has 1 unspecified atom stereocenters. The highest BCUT2D eigenvalue weighted by molar-refractivity contribution is 4.96. The summed E-state index contributed by atoms with van der Waals surface area (Å²) in [4.78, 5) is 4.39. The summed E-state index contributed by atoms with van der Waals surface area (Å²) in [5, 5.41) is 7.42. The van der Waals surface area contributed by atoms with Crippen molar-refractivity contribution in [2.75, 3.05) is 13.1 Å².